The number of hydrogen-bond acceptors (Lipinski definition) is 7. The van der Waals surface area contributed by atoms with Gasteiger partial charge in [-0.1, -0.05) is 78.9 Å². The van der Waals surface area contributed by atoms with Crippen LogP contribution in [0.5, 0.6) is 5.75 Å². The number of carbonyl (C=O) groups excluding carboxylic acids is 2. The fourth-order valence-corrected chi connectivity index (χ4v) is 6.90. The van der Waals surface area contributed by atoms with Gasteiger partial charge in [0.2, 0.25) is 21.8 Å². The molecular weight excluding hydrogens is 655 g/mol. The van der Waals surface area contributed by atoms with Gasteiger partial charge in [0.25, 0.3) is 5.69 Å². The van der Waals surface area contributed by atoms with Crippen LogP contribution in [0.1, 0.15) is 43.2 Å². The predicted octanol–water partition coefficient (Wildman–Crippen LogP) is 5.77. The molecule has 0 bridgehead atoms. The quantitative estimate of drug-likeness (QED) is 0.178. The molecule has 4 rings (SSSR count). The van der Waals surface area contributed by atoms with Gasteiger partial charge in [0.05, 0.1) is 18.3 Å². The second kappa shape index (κ2) is 15.6. The van der Waals surface area contributed by atoms with E-state index in [2.05, 4.69) is 5.32 Å². The van der Waals surface area contributed by atoms with Crippen molar-refractivity contribution in [1.29, 1.82) is 0 Å². The van der Waals surface area contributed by atoms with E-state index >= 15 is 0 Å². The number of nitrogens with zero attached hydrogens (tertiary/aromatic N) is 3. The molecule has 0 radical (unpaired) electrons. The van der Waals surface area contributed by atoms with Crippen molar-refractivity contribution in [3.05, 3.63) is 98.0 Å². The van der Waals surface area contributed by atoms with Crippen LogP contribution in [0, 0.1) is 10.1 Å². The number of halogens is 2. The van der Waals surface area contributed by atoms with Gasteiger partial charge in [-0.15, -0.1) is 0 Å². The first-order valence-corrected chi connectivity index (χ1v) is 17.4. The van der Waals surface area contributed by atoms with E-state index in [1.54, 1.807) is 18.2 Å². The monoisotopic (exact) mass is 690 g/mol. The van der Waals surface area contributed by atoms with Gasteiger partial charge in [-0.25, -0.2) is 8.42 Å². The molecule has 3 aromatic rings. The van der Waals surface area contributed by atoms with Crippen molar-refractivity contribution in [3.8, 4) is 5.75 Å². The molecule has 1 fully saturated rings. The maximum absolute atomic E-state index is 14.4. The Morgan fingerprint density at radius 2 is 1.67 bits per heavy atom. The molecule has 1 aliphatic rings. The van der Waals surface area contributed by atoms with Crippen LogP contribution < -0.4 is 14.4 Å². The van der Waals surface area contributed by atoms with E-state index in [0.717, 1.165) is 54.3 Å². The Balaban J connectivity index is 1.81. The summed E-state index contributed by atoms with van der Waals surface area (Å²) in [5, 5.41) is 15.2. The van der Waals surface area contributed by atoms with Crippen molar-refractivity contribution in [3.63, 3.8) is 0 Å². The van der Waals surface area contributed by atoms with Crippen LogP contribution in [-0.4, -0.2) is 62.0 Å². The molecule has 1 atom stereocenters. The predicted molar refractivity (Wildman–Crippen MR) is 178 cm³/mol. The number of nitrogens with one attached hydrogen (secondary N) is 1. The third-order valence-corrected chi connectivity index (χ3v) is 9.77. The molecule has 0 aromatic heterocycles. The van der Waals surface area contributed by atoms with Gasteiger partial charge in [0.15, 0.2) is 0 Å². The van der Waals surface area contributed by atoms with Crippen LogP contribution in [0.3, 0.4) is 0 Å². The van der Waals surface area contributed by atoms with Gasteiger partial charge in [0.1, 0.15) is 24.0 Å². The first-order valence-electron chi connectivity index (χ1n) is 14.8. The second-order valence-corrected chi connectivity index (χ2v) is 13.9. The van der Waals surface area contributed by atoms with Crippen molar-refractivity contribution < 1.29 is 27.7 Å². The Kier molecular flexibility index (Phi) is 11.9. The zero-order valence-electron chi connectivity index (χ0n) is 25.5. The number of nitro groups is 1. The molecular formula is C32H36Cl2N4O7S. The van der Waals surface area contributed by atoms with E-state index in [0.29, 0.717) is 5.56 Å². The summed E-state index contributed by atoms with van der Waals surface area (Å²) in [6, 6.07) is 16.3. The van der Waals surface area contributed by atoms with E-state index in [9.17, 15) is 28.1 Å². The maximum atomic E-state index is 14.4. The average molecular weight is 692 g/mol. The van der Waals surface area contributed by atoms with Crippen molar-refractivity contribution in [2.75, 3.05) is 24.2 Å². The molecule has 46 heavy (non-hydrogen) atoms. The molecule has 1 N–H and O–H groups in total. The number of non-ortho nitro benzene ring substituents is 1. The van der Waals surface area contributed by atoms with Gasteiger partial charge in [-0.2, -0.15) is 0 Å². The highest BCUT2D eigenvalue weighted by Crippen LogP contribution is 2.34. The highest BCUT2D eigenvalue weighted by Gasteiger charge is 2.35. The van der Waals surface area contributed by atoms with Crippen molar-refractivity contribution >= 4 is 56.4 Å². The summed E-state index contributed by atoms with van der Waals surface area (Å²) in [6.45, 7) is -1.00. The lowest BCUT2D eigenvalue weighted by atomic mass is 9.94. The minimum Gasteiger partial charge on any atom is -0.495 e. The normalized spacial score (nSPS) is 14.3. The van der Waals surface area contributed by atoms with Gasteiger partial charge in [-0.3, -0.25) is 24.0 Å². The molecule has 0 unspecified atom stereocenters. The number of benzene rings is 3. The molecule has 1 saturated carbocycles. The maximum Gasteiger partial charge on any atom is 0.271 e. The minimum absolute atomic E-state index is 0.000371. The van der Waals surface area contributed by atoms with Crippen LogP contribution in [0.2, 0.25) is 10.0 Å². The number of amides is 2. The van der Waals surface area contributed by atoms with E-state index in [4.69, 9.17) is 27.9 Å². The second-order valence-electron chi connectivity index (χ2n) is 11.2. The van der Waals surface area contributed by atoms with E-state index in [1.165, 1.54) is 24.1 Å². The summed E-state index contributed by atoms with van der Waals surface area (Å²) in [7, 11) is -2.93. The summed E-state index contributed by atoms with van der Waals surface area (Å²) < 4.78 is 32.4. The van der Waals surface area contributed by atoms with E-state index < -0.39 is 45.0 Å². The third kappa shape index (κ3) is 8.89. The Morgan fingerprint density at radius 1 is 1.02 bits per heavy atom. The van der Waals surface area contributed by atoms with Crippen LogP contribution in [0.4, 0.5) is 11.4 Å². The molecule has 0 spiro atoms. The van der Waals surface area contributed by atoms with Crippen LogP contribution in [0.25, 0.3) is 0 Å². The largest absolute Gasteiger partial charge is 0.495 e. The number of nitro benzene ring substituents is 1. The number of rotatable bonds is 13. The molecule has 0 aliphatic heterocycles. The number of methoxy groups -OCH3 is 1. The first kappa shape index (κ1) is 35.0. The number of carbonyl (C=O) groups is 2. The van der Waals surface area contributed by atoms with Gasteiger partial charge in [-0.05, 0) is 36.6 Å². The minimum atomic E-state index is -4.21. The lowest BCUT2D eigenvalue weighted by Gasteiger charge is -2.35. The third-order valence-electron chi connectivity index (χ3n) is 7.93. The molecule has 0 saturated heterocycles. The van der Waals surface area contributed by atoms with Crippen LogP contribution >= 0.6 is 23.2 Å². The Bertz CT molecular complexity index is 1650. The molecule has 14 heteroatoms. The number of sulfonamides is 1. The fourth-order valence-electron chi connectivity index (χ4n) is 5.53. The summed E-state index contributed by atoms with van der Waals surface area (Å²) in [6.07, 6.45) is 5.64. The molecule has 246 valence electrons. The summed E-state index contributed by atoms with van der Waals surface area (Å²) in [5.41, 5.74) is 0.552. The Hall–Kier alpha value is -3.87. The topological polar surface area (TPSA) is 139 Å². The zero-order chi connectivity index (χ0) is 33.4. The Morgan fingerprint density at radius 3 is 2.26 bits per heavy atom. The average Bonchev–Trinajstić information content (AvgIpc) is 3.02. The smallest absolute Gasteiger partial charge is 0.271 e. The lowest BCUT2D eigenvalue weighted by molar-refractivity contribution is -0.384. The van der Waals surface area contributed by atoms with E-state index in [1.807, 2.05) is 30.3 Å². The summed E-state index contributed by atoms with van der Waals surface area (Å²) in [4.78, 5) is 40.7. The Labute approximate surface area is 278 Å². The van der Waals surface area contributed by atoms with E-state index in [-0.39, 0.29) is 40.5 Å². The number of hydrogen-bond donors (Lipinski definition) is 1. The fraction of sp³-hybridized carbons (Fsp3) is 0.375. The molecule has 11 nitrogen and oxygen atoms in total. The zero-order valence-corrected chi connectivity index (χ0v) is 27.9. The lowest BCUT2D eigenvalue weighted by Crippen LogP contribution is -2.55. The van der Waals surface area contributed by atoms with Crippen molar-refractivity contribution in [1.82, 2.24) is 10.2 Å². The number of anilines is 1. The van der Waals surface area contributed by atoms with Gasteiger partial charge >= 0.3 is 0 Å². The van der Waals surface area contributed by atoms with Crippen molar-refractivity contribution in [2.45, 2.75) is 57.2 Å². The first-order chi connectivity index (χ1) is 21.9. The summed E-state index contributed by atoms with van der Waals surface area (Å²) >= 11 is 13.1. The highest BCUT2D eigenvalue weighted by atomic mass is 35.5. The van der Waals surface area contributed by atoms with Crippen LogP contribution in [-0.2, 0) is 32.6 Å². The molecule has 3 aromatic carbocycles. The molecule has 2 amide bonds. The SMILES string of the molecule is COc1ccc([N+](=O)[O-])cc1N(CC(=O)N(Cc1c(Cl)cccc1Cl)[C@H](Cc1ccccc1)C(=O)NC1CCCCC1)S(C)(=O)=O. The van der Waals surface area contributed by atoms with Gasteiger partial charge in [0, 0.05) is 46.7 Å². The molecule has 1 aliphatic carbocycles. The number of ether oxygens (including phenoxy) is 1. The summed E-state index contributed by atoms with van der Waals surface area (Å²) in [5.74, 6) is -1.15. The highest BCUT2D eigenvalue weighted by molar-refractivity contribution is 7.92. The molecule has 0 heterocycles. The van der Waals surface area contributed by atoms with Gasteiger partial charge < -0.3 is 15.0 Å². The van der Waals surface area contributed by atoms with Crippen molar-refractivity contribution in [2.24, 2.45) is 0 Å². The standard InChI is InChI=1S/C32H36Cl2N4O7S/c1-45-30-17-16-24(38(41)42)19-28(30)37(46(2,43)44)21-31(39)36(20-25-26(33)14-9-15-27(25)34)29(18-22-10-5-3-6-11-22)32(40)35-23-12-7-4-8-13-23/h3,5-6,9-11,14-17,19,23,29H,4,7-8,12-13,18,20-21H2,1-2H3,(H,35,40)/t29-/m1/s1. The van der Waals surface area contributed by atoms with Crippen LogP contribution in [0.15, 0.2) is 66.7 Å².